The van der Waals surface area contributed by atoms with Gasteiger partial charge >= 0.3 is 6.18 Å². The lowest BCUT2D eigenvalue weighted by Gasteiger charge is -2.22. The Morgan fingerprint density at radius 3 is 2.06 bits per heavy atom. The van der Waals surface area contributed by atoms with E-state index in [0.29, 0.717) is 17.7 Å². The van der Waals surface area contributed by atoms with Gasteiger partial charge < -0.3 is 0 Å². The molecule has 1 saturated heterocycles. The van der Waals surface area contributed by atoms with Gasteiger partial charge in [0.05, 0.1) is 12.6 Å². The zero-order valence-corrected chi connectivity index (χ0v) is 8.96. The van der Waals surface area contributed by atoms with E-state index in [1.54, 1.807) is 0 Å². The van der Waals surface area contributed by atoms with E-state index in [4.69, 9.17) is 5.26 Å². The van der Waals surface area contributed by atoms with Gasteiger partial charge in [0.25, 0.3) is 0 Å². The van der Waals surface area contributed by atoms with Gasteiger partial charge in [-0.1, -0.05) is 0 Å². The molecule has 1 heterocycles. The first-order valence-corrected chi connectivity index (χ1v) is 5.15. The highest BCUT2D eigenvalue weighted by molar-refractivity contribution is 5.96. The summed E-state index contributed by atoms with van der Waals surface area (Å²) in [4.78, 5) is 23.4. The molecular formula is C10H11F3N2O2. The van der Waals surface area contributed by atoms with Gasteiger partial charge in [-0.3, -0.25) is 14.5 Å². The zero-order valence-electron chi connectivity index (χ0n) is 8.96. The highest BCUT2D eigenvalue weighted by atomic mass is 19.4. The number of carbonyl (C=O) groups excluding carboxylic acids is 2. The predicted molar refractivity (Wildman–Crippen MR) is 50.3 cm³/mol. The number of nitriles is 1. The third-order valence-corrected chi connectivity index (χ3v) is 2.55. The Hall–Kier alpha value is -1.58. The van der Waals surface area contributed by atoms with E-state index in [0.717, 1.165) is 6.07 Å². The highest BCUT2D eigenvalue weighted by Crippen LogP contribution is 2.27. The summed E-state index contributed by atoms with van der Waals surface area (Å²) in [6, 6.07) is 1.08. The summed E-state index contributed by atoms with van der Waals surface area (Å²) in [7, 11) is 0. The zero-order chi connectivity index (χ0) is 13.1. The lowest BCUT2D eigenvalue weighted by molar-refractivity contribution is -0.168. The first-order chi connectivity index (χ1) is 7.86. The maximum Gasteiger partial charge on any atom is 0.406 e. The summed E-state index contributed by atoms with van der Waals surface area (Å²) < 4.78 is 37.1. The van der Waals surface area contributed by atoms with Gasteiger partial charge in [0.2, 0.25) is 11.8 Å². The third-order valence-electron chi connectivity index (χ3n) is 2.55. The monoisotopic (exact) mass is 248 g/mol. The Labute approximate surface area is 96.0 Å². The van der Waals surface area contributed by atoms with Gasteiger partial charge in [-0.25, -0.2) is 0 Å². The summed E-state index contributed by atoms with van der Waals surface area (Å²) >= 11 is 0. The molecule has 1 aliphatic rings. The maximum absolute atomic E-state index is 12.4. The Kier molecular flexibility index (Phi) is 4.10. The minimum absolute atomic E-state index is 0.0573. The number of nitrogens with zero attached hydrogens (tertiary/aromatic N) is 2. The normalized spacial score (nSPS) is 19.8. The van der Waals surface area contributed by atoms with Crippen LogP contribution >= 0.6 is 0 Å². The molecule has 0 aromatic rings. The number of amides is 2. The van der Waals surface area contributed by atoms with E-state index < -0.39 is 30.5 Å². The molecule has 1 aliphatic heterocycles. The molecule has 94 valence electrons. The van der Waals surface area contributed by atoms with Gasteiger partial charge in [-0.05, 0) is 12.8 Å². The minimum Gasteiger partial charge on any atom is -0.281 e. The number of halogens is 3. The molecule has 0 N–H and O–H groups in total. The number of carbonyl (C=O) groups is 2. The van der Waals surface area contributed by atoms with Crippen molar-refractivity contribution >= 4 is 11.8 Å². The second-order valence-corrected chi connectivity index (χ2v) is 3.83. The molecule has 1 atom stereocenters. The predicted octanol–water partition coefficient (Wildman–Crippen LogP) is 1.62. The fourth-order valence-corrected chi connectivity index (χ4v) is 1.57. The van der Waals surface area contributed by atoms with E-state index in [1.807, 2.05) is 0 Å². The fraction of sp³-hybridized carbons (Fsp3) is 0.700. The van der Waals surface area contributed by atoms with Gasteiger partial charge in [-0.15, -0.1) is 0 Å². The molecule has 2 amide bonds. The molecule has 1 rings (SSSR count). The van der Waals surface area contributed by atoms with Crippen molar-refractivity contribution in [3.8, 4) is 6.07 Å². The summed E-state index contributed by atoms with van der Waals surface area (Å²) in [6.07, 6.45) is -3.63. The summed E-state index contributed by atoms with van der Waals surface area (Å²) in [6.45, 7) is -0.891. The van der Waals surface area contributed by atoms with Crippen molar-refractivity contribution < 1.29 is 22.8 Å². The van der Waals surface area contributed by atoms with Crippen LogP contribution in [0, 0.1) is 17.2 Å². The molecular weight excluding hydrogens is 237 g/mol. The summed E-state index contributed by atoms with van der Waals surface area (Å²) in [5.74, 6) is -3.57. The summed E-state index contributed by atoms with van der Waals surface area (Å²) in [5, 5.41) is 8.42. The topological polar surface area (TPSA) is 61.2 Å². The van der Waals surface area contributed by atoms with Crippen LogP contribution in [0.1, 0.15) is 25.7 Å². The first kappa shape index (κ1) is 13.5. The average Bonchev–Trinajstić information content (AvgIpc) is 2.37. The van der Waals surface area contributed by atoms with Crippen LogP contribution in [0.15, 0.2) is 0 Å². The van der Waals surface area contributed by atoms with Crippen LogP contribution < -0.4 is 0 Å². The number of rotatable bonds is 2. The molecule has 4 nitrogen and oxygen atoms in total. The van der Waals surface area contributed by atoms with Crippen LogP contribution in [-0.2, 0) is 9.59 Å². The van der Waals surface area contributed by atoms with Crippen molar-refractivity contribution in [3.63, 3.8) is 0 Å². The molecule has 0 aromatic heterocycles. The van der Waals surface area contributed by atoms with Gasteiger partial charge in [0.1, 0.15) is 0 Å². The van der Waals surface area contributed by atoms with Crippen molar-refractivity contribution in [2.45, 2.75) is 31.9 Å². The lowest BCUT2D eigenvalue weighted by Crippen LogP contribution is -2.42. The number of alkyl halides is 3. The number of likely N-dealkylation sites (tertiary alicyclic amines) is 1. The van der Waals surface area contributed by atoms with E-state index >= 15 is 0 Å². The first-order valence-electron chi connectivity index (χ1n) is 5.15. The fourth-order valence-electron chi connectivity index (χ4n) is 1.57. The van der Waals surface area contributed by atoms with Gasteiger partial charge in [-0.2, -0.15) is 18.4 Å². The van der Waals surface area contributed by atoms with Crippen LogP contribution in [0.4, 0.5) is 13.2 Å². The van der Waals surface area contributed by atoms with Gasteiger partial charge in [0.15, 0.2) is 5.92 Å². The van der Waals surface area contributed by atoms with E-state index in [2.05, 4.69) is 0 Å². The molecule has 0 aromatic carbocycles. The smallest absolute Gasteiger partial charge is 0.281 e. The van der Waals surface area contributed by atoms with E-state index in [-0.39, 0.29) is 12.8 Å². The maximum atomic E-state index is 12.4. The van der Waals surface area contributed by atoms with Crippen LogP contribution in [0.5, 0.6) is 0 Å². The second-order valence-electron chi connectivity index (χ2n) is 3.83. The number of hydrogen-bond acceptors (Lipinski definition) is 3. The van der Waals surface area contributed by atoms with Crippen molar-refractivity contribution in [2.24, 2.45) is 5.92 Å². The molecule has 1 fully saturated rings. The second kappa shape index (κ2) is 5.17. The quantitative estimate of drug-likeness (QED) is 0.697. The molecule has 7 heteroatoms. The molecule has 17 heavy (non-hydrogen) atoms. The number of hydrogen-bond donors (Lipinski definition) is 0. The molecule has 0 saturated carbocycles. The van der Waals surface area contributed by atoms with Crippen LogP contribution in [0.3, 0.4) is 0 Å². The van der Waals surface area contributed by atoms with E-state index in [9.17, 15) is 22.8 Å². The van der Waals surface area contributed by atoms with Crippen LogP contribution in [0.25, 0.3) is 0 Å². The standard InChI is InChI=1S/C10H11F3N2O2/c11-10(12,13)7(5-14)6-15-8(16)3-1-2-4-9(15)17/h7H,1-4,6H2. The molecule has 0 bridgehead atoms. The molecule has 0 radical (unpaired) electrons. The van der Waals surface area contributed by atoms with Crippen molar-refractivity contribution in [1.29, 1.82) is 5.26 Å². The van der Waals surface area contributed by atoms with Crippen molar-refractivity contribution in [1.82, 2.24) is 4.90 Å². The van der Waals surface area contributed by atoms with Crippen LogP contribution in [-0.4, -0.2) is 29.4 Å². The average molecular weight is 248 g/mol. The number of imide groups is 1. The lowest BCUT2D eigenvalue weighted by atomic mass is 10.1. The molecule has 0 spiro atoms. The highest BCUT2D eigenvalue weighted by Gasteiger charge is 2.42. The Morgan fingerprint density at radius 2 is 1.71 bits per heavy atom. The SMILES string of the molecule is N#CC(CN1C(=O)CCCCC1=O)C(F)(F)F. The molecule has 0 aliphatic carbocycles. The minimum atomic E-state index is -4.72. The Morgan fingerprint density at radius 1 is 1.24 bits per heavy atom. The third kappa shape index (κ3) is 3.44. The molecule has 1 unspecified atom stereocenters. The van der Waals surface area contributed by atoms with Crippen LogP contribution in [0.2, 0.25) is 0 Å². The van der Waals surface area contributed by atoms with Crippen molar-refractivity contribution in [2.75, 3.05) is 6.54 Å². The Balaban J connectivity index is 2.80. The Bertz CT molecular complexity index is 342. The van der Waals surface area contributed by atoms with Gasteiger partial charge in [0, 0.05) is 12.8 Å². The summed E-state index contributed by atoms with van der Waals surface area (Å²) in [5.41, 5.74) is 0. The largest absolute Gasteiger partial charge is 0.406 e. The van der Waals surface area contributed by atoms with E-state index in [1.165, 1.54) is 0 Å². The van der Waals surface area contributed by atoms with Crippen molar-refractivity contribution in [3.05, 3.63) is 0 Å².